The number of amides is 3. The van der Waals surface area contributed by atoms with E-state index in [4.69, 9.17) is 0 Å². The average Bonchev–Trinajstić information content (AvgIpc) is 3.00. The maximum atomic E-state index is 12.1. The van der Waals surface area contributed by atoms with Crippen LogP contribution in [0.2, 0.25) is 0 Å². The van der Waals surface area contributed by atoms with Gasteiger partial charge < -0.3 is 15.5 Å². The minimum atomic E-state index is -0.267. The van der Waals surface area contributed by atoms with E-state index in [9.17, 15) is 14.4 Å². The summed E-state index contributed by atoms with van der Waals surface area (Å²) in [5.74, 6) is 0.473. The summed E-state index contributed by atoms with van der Waals surface area (Å²) in [6.07, 6.45) is 8.31. The van der Waals surface area contributed by atoms with Crippen molar-refractivity contribution >= 4 is 17.7 Å². The van der Waals surface area contributed by atoms with E-state index in [1.165, 1.54) is 32.1 Å². The molecular weight excluding hydrogens is 318 g/mol. The number of likely N-dealkylation sites (tertiary alicyclic amines) is 1. The van der Waals surface area contributed by atoms with E-state index in [2.05, 4.69) is 10.6 Å². The molecule has 0 aromatic carbocycles. The first-order valence-electron chi connectivity index (χ1n) is 9.81. The smallest absolute Gasteiger partial charge is 0.225 e. The summed E-state index contributed by atoms with van der Waals surface area (Å²) in [7, 11) is 0. The molecule has 1 unspecified atom stereocenters. The average molecular weight is 351 g/mol. The summed E-state index contributed by atoms with van der Waals surface area (Å²) in [6.45, 7) is 5.28. The lowest BCUT2D eigenvalue weighted by atomic mass is 9.86. The summed E-state index contributed by atoms with van der Waals surface area (Å²) in [5.41, 5.74) is 0. The second-order valence-corrected chi connectivity index (χ2v) is 7.72. The zero-order chi connectivity index (χ0) is 18.2. The standard InChI is InChI=1S/C19H33N3O3/c1-14(2)22-13-16(12-18(22)24)19(25)21-11-10-20-17(23)9-8-15-6-4-3-5-7-15/h14-16H,3-13H2,1-2H3,(H,20,23)(H,21,25). The lowest BCUT2D eigenvalue weighted by Crippen LogP contribution is -2.39. The normalized spacial score (nSPS) is 21.6. The maximum Gasteiger partial charge on any atom is 0.225 e. The Labute approximate surface area is 151 Å². The number of nitrogens with zero attached hydrogens (tertiary/aromatic N) is 1. The molecule has 2 fully saturated rings. The van der Waals surface area contributed by atoms with Gasteiger partial charge in [0.2, 0.25) is 17.7 Å². The molecule has 25 heavy (non-hydrogen) atoms. The van der Waals surface area contributed by atoms with E-state index in [-0.39, 0.29) is 36.1 Å². The number of hydrogen-bond acceptors (Lipinski definition) is 3. The van der Waals surface area contributed by atoms with Crippen molar-refractivity contribution < 1.29 is 14.4 Å². The quantitative estimate of drug-likeness (QED) is 0.655. The second kappa shape index (κ2) is 9.78. The van der Waals surface area contributed by atoms with Crippen molar-refractivity contribution in [3.8, 4) is 0 Å². The van der Waals surface area contributed by atoms with Crippen molar-refractivity contribution in [2.45, 2.75) is 71.3 Å². The molecular formula is C19H33N3O3. The Bertz CT molecular complexity index is 473. The van der Waals surface area contributed by atoms with Crippen LogP contribution in [0.1, 0.15) is 65.2 Å². The van der Waals surface area contributed by atoms with Crippen LogP contribution in [-0.2, 0) is 14.4 Å². The number of carbonyl (C=O) groups excluding carboxylic acids is 3. The van der Waals surface area contributed by atoms with Crippen LogP contribution in [0.15, 0.2) is 0 Å². The lowest BCUT2D eigenvalue weighted by Gasteiger charge is -2.21. The van der Waals surface area contributed by atoms with Gasteiger partial charge in [-0.05, 0) is 26.2 Å². The lowest BCUT2D eigenvalue weighted by molar-refractivity contribution is -0.129. The molecule has 1 saturated heterocycles. The molecule has 6 nitrogen and oxygen atoms in total. The van der Waals surface area contributed by atoms with Gasteiger partial charge in [0.05, 0.1) is 5.92 Å². The van der Waals surface area contributed by atoms with Crippen LogP contribution in [0, 0.1) is 11.8 Å². The molecule has 6 heteroatoms. The first-order valence-corrected chi connectivity index (χ1v) is 9.81. The third-order valence-corrected chi connectivity index (χ3v) is 5.40. The Morgan fingerprint density at radius 1 is 1.12 bits per heavy atom. The molecule has 2 rings (SSSR count). The highest BCUT2D eigenvalue weighted by molar-refractivity contribution is 5.89. The van der Waals surface area contributed by atoms with E-state index in [1.807, 2.05) is 13.8 Å². The third kappa shape index (κ3) is 6.33. The molecule has 0 spiro atoms. The zero-order valence-electron chi connectivity index (χ0n) is 15.7. The van der Waals surface area contributed by atoms with Gasteiger partial charge in [-0.3, -0.25) is 14.4 Å². The predicted molar refractivity (Wildman–Crippen MR) is 96.8 cm³/mol. The van der Waals surface area contributed by atoms with Crippen molar-refractivity contribution in [1.82, 2.24) is 15.5 Å². The fraction of sp³-hybridized carbons (Fsp3) is 0.842. The third-order valence-electron chi connectivity index (χ3n) is 5.40. The van der Waals surface area contributed by atoms with Crippen LogP contribution in [0.4, 0.5) is 0 Å². The fourth-order valence-electron chi connectivity index (χ4n) is 3.84. The van der Waals surface area contributed by atoms with Crippen molar-refractivity contribution in [3.63, 3.8) is 0 Å². The molecule has 0 aromatic rings. The molecule has 2 aliphatic rings. The summed E-state index contributed by atoms with van der Waals surface area (Å²) in [5, 5.41) is 5.71. The largest absolute Gasteiger partial charge is 0.354 e. The highest BCUT2D eigenvalue weighted by Crippen LogP contribution is 2.27. The van der Waals surface area contributed by atoms with Crippen LogP contribution >= 0.6 is 0 Å². The molecule has 142 valence electrons. The monoisotopic (exact) mass is 351 g/mol. The topological polar surface area (TPSA) is 78.5 Å². The Morgan fingerprint density at radius 2 is 1.80 bits per heavy atom. The van der Waals surface area contributed by atoms with E-state index in [0.717, 1.165) is 6.42 Å². The molecule has 1 aliphatic heterocycles. The Balaban J connectivity index is 1.55. The minimum Gasteiger partial charge on any atom is -0.354 e. The molecule has 1 heterocycles. The molecule has 3 amide bonds. The minimum absolute atomic E-state index is 0.0474. The van der Waals surface area contributed by atoms with Gasteiger partial charge in [0.25, 0.3) is 0 Å². The molecule has 1 saturated carbocycles. The molecule has 1 atom stereocenters. The first-order chi connectivity index (χ1) is 12.0. The number of rotatable bonds is 8. The van der Waals surface area contributed by atoms with Crippen LogP contribution in [0.3, 0.4) is 0 Å². The van der Waals surface area contributed by atoms with Gasteiger partial charge in [-0.1, -0.05) is 32.1 Å². The summed E-state index contributed by atoms with van der Waals surface area (Å²) < 4.78 is 0. The zero-order valence-corrected chi connectivity index (χ0v) is 15.7. The summed E-state index contributed by atoms with van der Waals surface area (Å²) >= 11 is 0. The van der Waals surface area contributed by atoms with Crippen LogP contribution < -0.4 is 10.6 Å². The van der Waals surface area contributed by atoms with E-state index >= 15 is 0 Å². The Hall–Kier alpha value is -1.59. The highest BCUT2D eigenvalue weighted by atomic mass is 16.2. The van der Waals surface area contributed by atoms with Crippen molar-refractivity contribution in [2.24, 2.45) is 11.8 Å². The number of hydrogen-bond donors (Lipinski definition) is 2. The summed E-state index contributed by atoms with van der Waals surface area (Å²) in [6, 6.07) is 0.133. The molecule has 0 aromatic heterocycles. The van der Waals surface area contributed by atoms with Gasteiger partial charge >= 0.3 is 0 Å². The maximum absolute atomic E-state index is 12.1. The molecule has 2 N–H and O–H groups in total. The Kier molecular flexibility index (Phi) is 7.72. The second-order valence-electron chi connectivity index (χ2n) is 7.72. The van der Waals surface area contributed by atoms with Crippen molar-refractivity contribution in [2.75, 3.05) is 19.6 Å². The van der Waals surface area contributed by atoms with Crippen LogP contribution in [0.5, 0.6) is 0 Å². The van der Waals surface area contributed by atoms with E-state index < -0.39 is 0 Å². The van der Waals surface area contributed by atoms with Gasteiger partial charge in [-0.2, -0.15) is 0 Å². The van der Waals surface area contributed by atoms with Crippen molar-refractivity contribution in [1.29, 1.82) is 0 Å². The SMILES string of the molecule is CC(C)N1CC(C(=O)NCCNC(=O)CCC2CCCCC2)CC1=O. The van der Waals surface area contributed by atoms with Crippen LogP contribution in [-0.4, -0.2) is 48.3 Å². The van der Waals surface area contributed by atoms with Gasteiger partial charge in [0.15, 0.2) is 0 Å². The fourth-order valence-corrected chi connectivity index (χ4v) is 3.84. The molecule has 0 radical (unpaired) electrons. The van der Waals surface area contributed by atoms with E-state index in [0.29, 0.717) is 32.0 Å². The van der Waals surface area contributed by atoms with Gasteiger partial charge in [-0.25, -0.2) is 0 Å². The van der Waals surface area contributed by atoms with Gasteiger partial charge in [0, 0.05) is 38.5 Å². The number of nitrogens with one attached hydrogen (secondary N) is 2. The molecule has 1 aliphatic carbocycles. The molecule has 0 bridgehead atoms. The van der Waals surface area contributed by atoms with Gasteiger partial charge in [0.1, 0.15) is 0 Å². The predicted octanol–water partition coefficient (Wildman–Crippen LogP) is 1.84. The van der Waals surface area contributed by atoms with Crippen LogP contribution in [0.25, 0.3) is 0 Å². The number of carbonyl (C=O) groups is 3. The highest BCUT2D eigenvalue weighted by Gasteiger charge is 2.35. The van der Waals surface area contributed by atoms with Gasteiger partial charge in [-0.15, -0.1) is 0 Å². The first kappa shape index (κ1) is 19.7. The Morgan fingerprint density at radius 3 is 2.44 bits per heavy atom. The summed E-state index contributed by atoms with van der Waals surface area (Å²) in [4.78, 5) is 37.6. The van der Waals surface area contributed by atoms with Crippen molar-refractivity contribution in [3.05, 3.63) is 0 Å². The van der Waals surface area contributed by atoms with E-state index in [1.54, 1.807) is 4.90 Å².